The number of amides is 1. The second-order valence-corrected chi connectivity index (χ2v) is 6.63. The third kappa shape index (κ3) is 4.02. The van der Waals surface area contributed by atoms with E-state index in [1.54, 1.807) is 4.90 Å². The van der Waals surface area contributed by atoms with Crippen LogP contribution < -0.4 is 0 Å². The minimum absolute atomic E-state index is 0.00316. The molecule has 1 amide bonds. The van der Waals surface area contributed by atoms with E-state index in [0.717, 1.165) is 18.4 Å². The van der Waals surface area contributed by atoms with Crippen molar-refractivity contribution in [2.24, 2.45) is 0 Å². The first-order chi connectivity index (χ1) is 13.2. The first-order valence-corrected chi connectivity index (χ1v) is 8.94. The third-order valence-electron chi connectivity index (χ3n) is 4.68. The van der Waals surface area contributed by atoms with Crippen molar-refractivity contribution in [1.29, 1.82) is 0 Å². The van der Waals surface area contributed by atoms with Crippen LogP contribution in [0.25, 0.3) is 11.4 Å². The maximum Gasteiger partial charge on any atom is 0.410 e. The van der Waals surface area contributed by atoms with Gasteiger partial charge in [-0.25, -0.2) is 14.2 Å². The van der Waals surface area contributed by atoms with Crippen LogP contribution in [-0.2, 0) is 11.3 Å². The van der Waals surface area contributed by atoms with Gasteiger partial charge in [0, 0.05) is 25.4 Å². The highest BCUT2D eigenvalue weighted by Crippen LogP contribution is 2.29. The van der Waals surface area contributed by atoms with Crippen molar-refractivity contribution in [2.75, 3.05) is 13.1 Å². The molecule has 1 fully saturated rings. The van der Waals surface area contributed by atoms with Crippen molar-refractivity contribution in [3.8, 4) is 11.4 Å². The molecule has 0 saturated carbocycles. The molecule has 7 heteroatoms. The number of hydrogen-bond donors (Lipinski definition) is 1. The molecule has 2 aromatic heterocycles. The summed E-state index contributed by atoms with van der Waals surface area (Å²) in [6, 6.07) is 11.0. The quantitative estimate of drug-likeness (QED) is 0.743. The van der Waals surface area contributed by atoms with Gasteiger partial charge in [-0.15, -0.1) is 0 Å². The first kappa shape index (κ1) is 17.3. The van der Waals surface area contributed by atoms with Crippen LogP contribution in [0.4, 0.5) is 9.18 Å². The molecule has 0 bridgehead atoms. The molecule has 140 valence electrons. The smallest absolute Gasteiger partial charge is 0.410 e. The number of piperidine rings is 1. The number of oxazole rings is 1. The molecule has 1 aliphatic heterocycles. The van der Waals surface area contributed by atoms with Gasteiger partial charge < -0.3 is 19.0 Å². The van der Waals surface area contributed by atoms with E-state index in [1.165, 1.54) is 18.5 Å². The molecule has 0 radical (unpaired) electrons. The van der Waals surface area contributed by atoms with E-state index in [1.807, 2.05) is 30.3 Å². The van der Waals surface area contributed by atoms with Crippen LogP contribution in [0.3, 0.4) is 0 Å². The summed E-state index contributed by atoms with van der Waals surface area (Å²) >= 11 is 0. The molecule has 0 aliphatic carbocycles. The van der Waals surface area contributed by atoms with Crippen molar-refractivity contribution in [2.45, 2.75) is 25.4 Å². The molecule has 6 nitrogen and oxygen atoms in total. The second-order valence-electron chi connectivity index (χ2n) is 6.63. The van der Waals surface area contributed by atoms with Crippen LogP contribution in [0.2, 0.25) is 0 Å². The van der Waals surface area contributed by atoms with Gasteiger partial charge in [0.2, 0.25) is 0 Å². The minimum Gasteiger partial charge on any atom is -0.448 e. The Bertz CT molecular complexity index is 906. The van der Waals surface area contributed by atoms with Crippen LogP contribution in [0.5, 0.6) is 0 Å². The van der Waals surface area contributed by atoms with Gasteiger partial charge in [0.05, 0.1) is 11.6 Å². The molecular weight excluding hydrogens is 349 g/mol. The predicted molar refractivity (Wildman–Crippen MR) is 96.4 cm³/mol. The van der Waals surface area contributed by atoms with Crippen LogP contribution in [0.1, 0.15) is 30.2 Å². The number of carbonyl (C=O) groups excluding carboxylic acids is 1. The summed E-state index contributed by atoms with van der Waals surface area (Å²) in [5.74, 6) is 0.205. The van der Waals surface area contributed by atoms with E-state index in [0.29, 0.717) is 30.4 Å². The molecule has 1 aromatic carbocycles. The number of rotatable bonds is 4. The number of H-pyrrole nitrogens is 1. The zero-order valence-electron chi connectivity index (χ0n) is 14.7. The monoisotopic (exact) mass is 369 g/mol. The largest absolute Gasteiger partial charge is 0.448 e. The first-order valence-electron chi connectivity index (χ1n) is 8.94. The molecule has 1 saturated heterocycles. The number of hydrogen-bond acceptors (Lipinski definition) is 4. The second kappa shape index (κ2) is 7.65. The average molecular weight is 369 g/mol. The number of ether oxygens (including phenoxy) is 1. The maximum atomic E-state index is 13.2. The van der Waals surface area contributed by atoms with E-state index in [-0.39, 0.29) is 24.4 Å². The van der Waals surface area contributed by atoms with Gasteiger partial charge in [-0.1, -0.05) is 30.3 Å². The zero-order valence-corrected chi connectivity index (χ0v) is 14.7. The lowest BCUT2D eigenvalue weighted by atomic mass is 9.98. The van der Waals surface area contributed by atoms with Gasteiger partial charge in [-0.3, -0.25) is 0 Å². The summed E-state index contributed by atoms with van der Waals surface area (Å²) < 4.78 is 24.2. The Kier molecular flexibility index (Phi) is 4.91. The lowest BCUT2D eigenvalue weighted by Gasteiger charge is -2.30. The number of benzene rings is 1. The topological polar surface area (TPSA) is 71.4 Å². The van der Waals surface area contributed by atoms with Gasteiger partial charge in [-0.2, -0.15) is 0 Å². The van der Waals surface area contributed by atoms with Gasteiger partial charge in [0.25, 0.3) is 0 Å². The Morgan fingerprint density at radius 1 is 1.37 bits per heavy atom. The average Bonchev–Trinajstić information content (AvgIpc) is 3.36. The number of carbonyl (C=O) groups is 1. The van der Waals surface area contributed by atoms with Gasteiger partial charge in [0.15, 0.2) is 5.89 Å². The summed E-state index contributed by atoms with van der Waals surface area (Å²) in [5, 5.41) is 0. The van der Waals surface area contributed by atoms with E-state index in [9.17, 15) is 9.18 Å². The van der Waals surface area contributed by atoms with Crippen molar-refractivity contribution in [1.82, 2.24) is 14.9 Å². The Balaban J connectivity index is 1.38. The molecule has 3 aromatic rings. The maximum absolute atomic E-state index is 13.2. The number of halogens is 1. The van der Waals surface area contributed by atoms with Crippen LogP contribution in [0, 0.1) is 5.82 Å². The number of aromatic amines is 1. The molecule has 1 atom stereocenters. The summed E-state index contributed by atoms with van der Waals surface area (Å²) in [7, 11) is 0. The molecule has 1 N–H and O–H groups in total. The lowest BCUT2D eigenvalue weighted by Crippen LogP contribution is -2.39. The summed E-state index contributed by atoms with van der Waals surface area (Å²) in [6.45, 7) is 1.40. The molecule has 0 spiro atoms. The third-order valence-corrected chi connectivity index (χ3v) is 4.68. The van der Waals surface area contributed by atoms with Crippen LogP contribution in [0.15, 0.2) is 53.3 Å². The fourth-order valence-corrected chi connectivity index (χ4v) is 3.27. The standard InChI is InChI=1S/C20H20FN3O3/c21-16-9-17(22-10-16)18-13-26-19(23-18)15-7-4-8-24(11-15)20(25)27-12-14-5-2-1-3-6-14/h1-3,5-6,9-10,13,15,22H,4,7-8,11-12H2. The predicted octanol–water partition coefficient (Wildman–Crippen LogP) is 4.33. The van der Waals surface area contributed by atoms with E-state index >= 15 is 0 Å². The normalized spacial score (nSPS) is 17.1. The summed E-state index contributed by atoms with van der Waals surface area (Å²) in [6.07, 6.45) is 4.17. The van der Waals surface area contributed by atoms with Gasteiger partial charge >= 0.3 is 6.09 Å². The van der Waals surface area contributed by atoms with Crippen molar-refractivity contribution < 1.29 is 18.3 Å². The molecule has 27 heavy (non-hydrogen) atoms. The number of nitrogens with one attached hydrogen (secondary N) is 1. The Labute approximate surface area is 156 Å². The Hall–Kier alpha value is -3.09. The number of aromatic nitrogens is 2. The highest BCUT2D eigenvalue weighted by molar-refractivity contribution is 5.67. The highest BCUT2D eigenvalue weighted by atomic mass is 19.1. The molecule has 1 unspecified atom stereocenters. The van der Waals surface area contributed by atoms with Gasteiger partial charge in [-0.05, 0) is 18.4 Å². The van der Waals surface area contributed by atoms with E-state index in [4.69, 9.17) is 9.15 Å². The Morgan fingerprint density at radius 2 is 2.22 bits per heavy atom. The SMILES string of the molecule is O=C(OCc1ccccc1)N1CCCC(c2nc(-c3cc(F)c[nH]3)co2)C1. The lowest BCUT2D eigenvalue weighted by molar-refractivity contribution is 0.0839. The molecular formula is C20H20FN3O3. The van der Waals surface area contributed by atoms with Crippen molar-refractivity contribution in [3.63, 3.8) is 0 Å². The van der Waals surface area contributed by atoms with Gasteiger partial charge in [0.1, 0.15) is 24.4 Å². The van der Waals surface area contributed by atoms with E-state index < -0.39 is 0 Å². The zero-order chi connectivity index (χ0) is 18.6. The highest BCUT2D eigenvalue weighted by Gasteiger charge is 2.29. The van der Waals surface area contributed by atoms with Crippen LogP contribution >= 0.6 is 0 Å². The summed E-state index contributed by atoms with van der Waals surface area (Å²) in [4.78, 5) is 21.4. The minimum atomic E-state index is -0.348. The molecule has 3 heterocycles. The Morgan fingerprint density at radius 3 is 3.00 bits per heavy atom. The molecule has 4 rings (SSSR count). The van der Waals surface area contributed by atoms with Crippen molar-refractivity contribution in [3.05, 3.63) is 66.1 Å². The summed E-state index contributed by atoms with van der Waals surface area (Å²) in [5.41, 5.74) is 2.07. The fourth-order valence-electron chi connectivity index (χ4n) is 3.27. The fraction of sp³-hybridized carbons (Fsp3) is 0.300. The van der Waals surface area contributed by atoms with E-state index in [2.05, 4.69) is 9.97 Å². The number of nitrogens with zero attached hydrogens (tertiary/aromatic N) is 2. The van der Waals surface area contributed by atoms with Crippen molar-refractivity contribution >= 4 is 6.09 Å². The number of likely N-dealkylation sites (tertiary alicyclic amines) is 1. The van der Waals surface area contributed by atoms with Crippen LogP contribution in [-0.4, -0.2) is 34.1 Å². The molecule has 1 aliphatic rings.